The molecule has 5 rings (SSSR count). The number of hydrogen-bond donors (Lipinski definition) is 2. The number of benzene rings is 4. The number of carbonyl (C=O) groups is 2. The first kappa shape index (κ1) is 31.6. The Morgan fingerprint density at radius 3 is 1.95 bits per heavy atom. The molecular weight excluding hydrogens is 603 g/mol. The zero-order valence-corrected chi connectivity index (χ0v) is 23.8. The third kappa shape index (κ3) is 6.68. The van der Waals surface area contributed by atoms with Crippen LogP contribution in [0.15, 0.2) is 95.9 Å². The van der Waals surface area contributed by atoms with Crippen molar-refractivity contribution in [2.24, 2.45) is 0 Å². The van der Waals surface area contributed by atoms with Crippen LogP contribution in [0.3, 0.4) is 0 Å². The fourth-order valence-corrected chi connectivity index (χ4v) is 4.62. The number of halogens is 4. The number of carboxylic acid groups (broad SMARTS) is 2. The second-order valence-electron chi connectivity index (χ2n) is 9.18. The molecule has 0 saturated heterocycles. The molecule has 0 aliphatic carbocycles. The summed E-state index contributed by atoms with van der Waals surface area (Å²) in [7, 11) is 2.82. The van der Waals surface area contributed by atoms with Gasteiger partial charge in [-0.1, -0.05) is 29.8 Å². The van der Waals surface area contributed by atoms with Crippen molar-refractivity contribution in [3.63, 3.8) is 0 Å². The van der Waals surface area contributed by atoms with Crippen LogP contribution in [0.2, 0.25) is 5.02 Å². The van der Waals surface area contributed by atoms with E-state index in [0.717, 1.165) is 6.07 Å². The number of fused-ring (bicyclic) bond motifs is 1. The van der Waals surface area contributed by atoms with Crippen LogP contribution in [0, 0.1) is 0 Å². The normalized spacial score (nSPS) is 11.0. The van der Waals surface area contributed by atoms with Crippen LogP contribution in [0.4, 0.5) is 13.2 Å². The maximum absolute atomic E-state index is 13.7. The van der Waals surface area contributed by atoms with Crippen molar-refractivity contribution in [3.05, 3.63) is 123 Å². The number of aromatic nitrogens is 1. The number of alkyl halides is 3. The minimum absolute atomic E-state index is 0.0578. The van der Waals surface area contributed by atoms with E-state index in [0.29, 0.717) is 29.1 Å². The summed E-state index contributed by atoms with van der Waals surface area (Å²) in [4.78, 5) is 35.8. The molecule has 0 saturated carbocycles. The van der Waals surface area contributed by atoms with Crippen LogP contribution in [-0.2, 0) is 6.18 Å². The van der Waals surface area contributed by atoms with E-state index in [4.69, 9.17) is 26.2 Å². The van der Waals surface area contributed by atoms with Gasteiger partial charge in [0.25, 0.3) is 5.56 Å². The zero-order chi connectivity index (χ0) is 32.2. The Kier molecular flexibility index (Phi) is 9.29. The van der Waals surface area contributed by atoms with Gasteiger partial charge < -0.3 is 19.7 Å². The van der Waals surface area contributed by atoms with E-state index in [9.17, 15) is 32.7 Å². The maximum Gasteiger partial charge on any atom is 0.416 e. The van der Waals surface area contributed by atoms with Gasteiger partial charge in [-0.25, -0.2) is 9.59 Å². The van der Waals surface area contributed by atoms with E-state index < -0.39 is 34.8 Å². The lowest BCUT2D eigenvalue weighted by Crippen LogP contribution is -2.19. The quantitative estimate of drug-likeness (QED) is 0.202. The minimum Gasteiger partial charge on any atom is -0.497 e. The minimum atomic E-state index is -4.73. The number of ether oxygens (including phenoxy) is 2. The molecule has 12 heteroatoms. The number of hydrogen-bond acceptors (Lipinski definition) is 5. The van der Waals surface area contributed by atoms with Crippen molar-refractivity contribution in [1.29, 1.82) is 0 Å². The Hall–Kier alpha value is -5.29. The Morgan fingerprint density at radius 1 is 0.795 bits per heavy atom. The molecule has 2 N–H and O–H groups in total. The molecule has 0 bridgehead atoms. The van der Waals surface area contributed by atoms with E-state index in [1.165, 1.54) is 37.1 Å². The van der Waals surface area contributed by atoms with Crippen molar-refractivity contribution >= 4 is 34.3 Å². The van der Waals surface area contributed by atoms with Crippen molar-refractivity contribution in [2.75, 3.05) is 14.2 Å². The monoisotopic (exact) mass is 625 g/mol. The van der Waals surface area contributed by atoms with E-state index >= 15 is 0 Å². The molecule has 8 nitrogen and oxygen atoms in total. The van der Waals surface area contributed by atoms with E-state index in [-0.39, 0.29) is 32.7 Å². The number of nitrogens with zero attached hydrogens (tertiary/aromatic N) is 1. The van der Waals surface area contributed by atoms with Gasteiger partial charge in [0, 0.05) is 17.3 Å². The summed E-state index contributed by atoms with van der Waals surface area (Å²) in [5.41, 5.74) is -1.69. The van der Waals surface area contributed by atoms with Gasteiger partial charge in [-0.2, -0.15) is 13.2 Å². The third-order valence-electron chi connectivity index (χ3n) is 6.52. The van der Waals surface area contributed by atoms with Crippen LogP contribution in [-0.4, -0.2) is 40.9 Å². The molecule has 1 aromatic heterocycles. The summed E-state index contributed by atoms with van der Waals surface area (Å²) in [6.45, 7) is 0. The van der Waals surface area contributed by atoms with E-state index in [2.05, 4.69) is 0 Å². The number of methoxy groups -OCH3 is 2. The van der Waals surface area contributed by atoms with Crippen molar-refractivity contribution in [3.8, 4) is 28.3 Å². The highest BCUT2D eigenvalue weighted by atomic mass is 35.5. The Morgan fingerprint density at radius 2 is 1.43 bits per heavy atom. The largest absolute Gasteiger partial charge is 0.497 e. The standard InChI is InChI=1S/C25H17ClF3NO5.C7H6O2/c1-34-15-6-4-14(5-7-15)30-12-21(26)20-11-16(35-2)10-19(22(20)23(30)31)18-9-13(25(27,28)29)3-8-17(18)24(32)33;8-7(9)6-4-2-1-3-5-6/h3-12H,1-2H3,(H,32,33);1-5H,(H,8,9). The Bertz CT molecular complexity index is 1900. The maximum atomic E-state index is 13.7. The van der Waals surface area contributed by atoms with Crippen molar-refractivity contribution < 1.29 is 42.4 Å². The van der Waals surface area contributed by atoms with Crippen LogP contribution < -0.4 is 15.0 Å². The van der Waals surface area contributed by atoms with Gasteiger partial charge in [-0.05, 0) is 77.9 Å². The fraction of sp³-hybridized carbons (Fsp3) is 0.0938. The lowest BCUT2D eigenvalue weighted by molar-refractivity contribution is -0.137. The molecule has 226 valence electrons. The molecule has 0 radical (unpaired) electrons. The molecule has 5 aromatic rings. The summed E-state index contributed by atoms with van der Waals surface area (Å²) in [6, 6.07) is 19.8. The first-order valence-corrected chi connectivity index (χ1v) is 13.0. The van der Waals surface area contributed by atoms with Crippen LogP contribution in [0.5, 0.6) is 11.5 Å². The molecule has 0 aliphatic heterocycles. The Labute approximate surface area is 253 Å². The third-order valence-corrected chi connectivity index (χ3v) is 6.82. The molecule has 1 heterocycles. The predicted molar refractivity (Wildman–Crippen MR) is 158 cm³/mol. The molecule has 0 amide bonds. The number of pyridine rings is 1. The predicted octanol–water partition coefficient (Wildman–Crippen LogP) is 7.43. The molecule has 0 atom stereocenters. The number of rotatable bonds is 6. The second-order valence-corrected chi connectivity index (χ2v) is 9.59. The van der Waals surface area contributed by atoms with Crippen molar-refractivity contribution in [2.45, 2.75) is 6.18 Å². The van der Waals surface area contributed by atoms with E-state index in [1.807, 2.05) is 0 Å². The highest BCUT2D eigenvalue weighted by molar-refractivity contribution is 6.36. The van der Waals surface area contributed by atoms with Gasteiger partial charge in [0.05, 0.1) is 41.3 Å². The highest BCUT2D eigenvalue weighted by Crippen LogP contribution is 2.39. The van der Waals surface area contributed by atoms with Gasteiger partial charge in [0.2, 0.25) is 0 Å². The van der Waals surface area contributed by atoms with Gasteiger partial charge in [-0.3, -0.25) is 9.36 Å². The average molecular weight is 626 g/mol. The smallest absolute Gasteiger partial charge is 0.416 e. The molecule has 4 aromatic carbocycles. The van der Waals surface area contributed by atoms with Crippen LogP contribution >= 0.6 is 11.6 Å². The molecular formula is C32H23ClF3NO7. The molecule has 0 spiro atoms. The lowest BCUT2D eigenvalue weighted by Gasteiger charge is -2.17. The summed E-state index contributed by atoms with van der Waals surface area (Å²) in [5.74, 6) is -1.60. The van der Waals surface area contributed by atoms with Gasteiger partial charge in [0.1, 0.15) is 11.5 Å². The topological polar surface area (TPSA) is 115 Å². The summed E-state index contributed by atoms with van der Waals surface area (Å²) in [5, 5.41) is 18.3. The van der Waals surface area contributed by atoms with Gasteiger partial charge in [0.15, 0.2) is 0 Å². The molecule has 0 aliphatic rings. The highest BCUT2D eigenvalue weighted by Gasteiger charge is 2.32. The van der Waals surface area contributed by atoms with Gasteiger partial charge in [-0.15, -0.1) is 0 Å². The SMILES string of the molecule is COc1ccc(-n2cc(Cl)c3cc(OC)cc(-c4cc(C(F)(F)F)ccc4C(=O)O)c3c2=O)cc1.O=C(O)c1ccccc1. The fourth-order valence-electron chi connectivity index (χ4n) is 4.37. The summed E-state index contributed by atoms with van der Waals surface area (Å²) in [6.07, 6.45) is -3.36. The average Bonchev–Trinajstić information content (AvgIpc) is 3.02. The molecule has 0 fully saturated rings. The lowest BCUT2D eigenvalue weighted by atomic mass is 9.93. The van der Waals surface area contributed by atoms with Crippen molar-refractivity contribution in [1.82, 2.24) is 4.57 Å². The van der Waals surface area contributed by atoms with Gasteiger partial charge >= 0.3 is 18.1 Å². The first-order valence-electron chi connectivity index (χ1n) is 12.7. The van der Waals surface area contributed by atoms with Crippen LogP contribution in [0.25, 0.3) is 27.6 Å². The zero-order valence-electron chi connectivity index (χ0n) is 23.1. The first-order chi connectivity index (χ1) is 20.8. The molecule has 44 heavy (non-hydrogen) atoms. The number of carboxylic acids is 2. The van der Waals surface area contributed by atoms with E-state index in [1.54, 1.807) is 54.6 Å². The Balaban J connectivity index is 0.000000421. The summed E-state index contributed by atoms with van der Waals surface area (Å²) < 4.78 is 52.1. The summed E-state index contributed by atoms with van der Waals surface area (Å²) >= 11 is 6.50. The number of aromatic carboxylic acids is 2. The molecule has 0 unspecified atom stereocenters. The van der Waals surface area contributed by atoms with Crippen LogP contribution in [0.1, 0.15) is 26.3 Å². The second kappa shape index (κ2) is 12.9.